The molecule has 264 valence electrons. The molecule has 1 aromatic carbocycles. The van der Waals surface area contributed by atoms with Crippen LogP contribution in [0.4, 0.5) is 0 Å². The Morgan fingerprint density at radius 1 is 0.773 bits per heavy atom. The van der Waals surface area contributed by atoms with Gasteiger partial charge in [0.25, 0.3) is 0 Å². The second kappa shape index (κ2) is 26.7. The third-order valence-electron chi connectivity index (χ3n) is 6.27. The van der Waals surface area contributed by atoms with E-state index in [0.717, 1.165) is 45.8 Å². The van der Waals surface area contributed by atoms with Crippen LogP contribution in [0.15, 0.2) is 30.3 Å². The standard InChI is InChI=1S/C13H18O2.C5H8O2.2C4H8O2S.2C2H6.CH4O.2CH4/c1-10-9-14-13(2,3)15-12(10)11-7-5-4-6-8-11;1-4-2-3-7-5(4)6;2*5-7(6)3-1-2-4-7;3*1-2;;/h4-8,10,12H,9H2,1-3H3;4H,2-3H2,1H3;2*1-4H2;2*1-2H3;2H,1H3;2*1H4. The molecule has 0 saturated carbocycles. The van der Waals surface area contributed by atoms with E-state index in [4.69, 9.17) is 14.6 Å². The fraction of sp³-hybridized carbons (Fsp3) is 0.788. The van der Waals surface area contributed by atoms with Gasteiger partial charge >= 0.3 is 5.97 Å². The highest BCUT2D eigenvalue weighted by molar-refractivity contribution is 7.91. The smallest absolute Gasteiger partial charge is 0.308 e. The molecule has 0 amide bonds. The van der Waals surface area contributed by atoms with Gasteiger partial charge in [0, 0.05) is 13.0 Å². The van der Waals surface area contributed by atoms with Crippen molar-refractivity contribution in [1.82, 2.24) is 0 Å². The molecule has 1 N–H and O–H groups in total. The summed E-state index contributed by atoms with van der Waals surface area (Å²) < 4.78 is 57.9. The Labute approximate surface area is 271 Å². The van der Waals surface area contributed by atoms with Crippen LogP contribution < -0.4 is 0 Å². The SMILES string of the molecule is C.C.CC.CC.CC1CCOC1=O.CC1COC(C)(C)OC1c1ccccc1.CO.O=S1(=O)CCCC1.O=S1(=O)CCCC1. The van der Waals surface area contributed by atoms with Gasteiger partial charge in [-0.15, -0.1) is 0 Å². The maximum atomic E-state index is 10.4. The minimum Gasteiger partial charge on any atom is -0.465 e. The van der Waals surface area contributed by atoms with Crippen LogP contribution in [0.25, 0.3) is 0 Å². The molecule has 0 aliphatic carbocycles. The molecule has 9 nitrogen and oxygen atoms in total. The first-order chi connectivity index (χ1) is 19.8. The molecule has 3 unspecified atom stereocenters. The largest absolute Gasteiger partial charge is 0.465 e. The van der Waals surface area contributed by atoms with Crippen LogP contribution in [0.2, 0.25) is 0 Å². The summed E-state index contributed by atoms with van der Waals surface area (Å²) in [4.78, 5) is 10.4. The van der Waals surface area contributed by atoms with Crippen molar-refractivity contribution in [2.75, 3.05) is 43.3 Å². The van der Waals surface area contributed by atoms with Gasteiger partial charge in [-0.25, -0.2) is 16.8 Å². The van der Waals surface area contributed by atoms with Gasteiger partial charge < -0.3 is 19.3 Å². The maximum Gasteiger partial charge on any atom is 0.308 e. The highest BCUT2D eigenvalue weighted by Crippen LogP contribution is 2.36. The molecule has 4 aliphatic rings. The molecular weight excluding hydrogens is 604 g/mol. The summed E-state index contributed by atoms with van der Waals surface area (Å²) in [5.41, 5.74) is 1.24. The van der Waals surface area contributed by atoms with Gasteiger partial charge in [-0.05, 0) is 51.5 Å². The first-order valence-electron chi connectivity index (χ1n) is 15.2. The summed E-state index contributed by atoms with van der Waals surface area (Å²) in [7, 11) is -4.09. The van der Waals surface area contributed by atoms with Crippen molar-refractivity contribution in [3.63, 3.8) is 0 Å². The molecule has 1 aromatic rings. The normalized spacial score (nSPS) is 24.4. The van der Waals surface area contributed by atoms with E-state index in [9.17, 15) is 21.6 Å². The summed E-state index contributed by atoms with van der Waals surface area (Å²) >= 11 is 0. The number of sulfone groups is 2. The number of cyclic esters (lactones) is 1. The van der Waals surface area contributed by atoms with E-state index < -0.39 is 25.5 Å². The highest BCUT2D eigenvalue weighted by atomic mass is 32.2. The van der Waals surface area contributed by atoms with Crippen molar-refractivity contribution in [3.05, 3.63) is 35.9 Å². The number of aliphatic hydroxyl groups excluding tert-OH is 1. The topological polar surface area (TPSA) is 133 Å². The first-order valence-corrected chi connectivity index (χ1v) is 18.8. The lowest BCUT2D eigenvalue weighted by molar-refractivity contribution is -0.293. The van der Waals surface area contributed by atoms with E-state index in [1.807, 2.05) is 66.7 Å². The Kier molecular flexibility index (Phi) is 29.9. The van der Waals surface area contributed by atoms with E-state index in [1.165, 1.54) is 5.56 Å². The van der Waals surface area contributed by atoms with E-state index >= 15 is 0 Å². The van der Waals surface area contributed by atoms with Crippen molar-refractivity contribution in [2.24, 2.45) is 11.8 Å². The molecule has 44 heavy (non-hydrogen) atoms. The zero-order valence-electron chi connectivity index (χ0n) is 27.4. The number of hydrogen-bond acceptors (Lipinski definition) is 9. The second-order valence-electron chi connectivity index (χ2n) is 10.2. The molecule has 4 aliphatic heterocycles. The van der Waals surface area contributed by atoms with E-state index in [-0.39, 0.29) is 32.8 Å². The Balaban J connectivity index is -0.000000238. The molecule has 11 heteroatoms. The fourth-order valence-electron chi connectivity index (χ4n) is 4.00. The fourth-order valence-corrected chi connectivity index (χ4v) is 6.99. The molecule has 3 atom stereocenters. The van der Waals surface area contributed by atoms with Crippen molar-refractivity contribution in [3.8, 4) is 0 Å². The summed E-state index contributed by atoms with van der Waals surface area (Å²) in [6.45, 7) is 17.4. The van der Waals surface area contributed by atoms with Crippen LogP contribution >= 0.6 is 0 Å². The number of ether oxygens (including phenoxy) is 3. The maximum absolute atomic E-state index is 10.4. The van der Waals surface area contributed by atoms with Gasteiger partial charge in [0.2, 0.25) is 0 Å². The summed E-state index contributed by atoms with van der Waals surface area (Å²) in [5.74, 6) is 1.74. The molecule has 0 bridgehead atoms. The van der Waals surface area contributed by atoms with Crippen molar-refractivity contribution in [1.29, 1.82) is 0 Å². The Hall–Kier alpha value is -1.53. The second-order valence-corrected chi connectivity index (χ2v) is 14.8. The lowest BCUT2D eigenvalue weighted by atomic mass is 9.96. The lowest BCUT2D eigenvalue weighted by Crippen LogP contribution is -2.40. The highest BCUT2D eigenvalue weighted by Gasteiger charge is 2.34. The molecular formula is C33H66O9S2. The first kappa shape index (κ1) is 49.4. The van der Waals surface area contributed by atoms with Gasteiger partial charge in [0.05, 0.1) is 48.2 Å². The predicted molar refractivity (Wildman–Crippen MR) is 184 cm³/mol. The predicted octanol–water partition coefficient (Wildman–Crippen LogP) is 7.04. The molecule has 0 spiro atoms. The lowest BCUT2D eigenvalue weighted by Gasteiger charge is -2.40. The quantitative estimate of drug-likeness (QED) is 0.312. The van der Waals surface area contributed by atoms with E-state index in [2.05, 4.69) is 23.8 Å². The molecule has 5 rings (SSSR count). The Bertz CT molecular complexity index is 963. The number of benzene rings is 1. The number of aliphatic hydroxyl groups is 1. The Morgan fingerprint density at radius 3 is 1.45 bits per heavy atom. The Morgan fingerprint density at radius 2 is 1.18 bits per heavy atom. The molecule has 4 fully saturated rings. The van der Waals surface area contributed by atoms with Crippen molar-refractivity contribution < 1.29 is 40.9 Å². The average Bonchev–Trinajstić information content (AvgIpc) is 3.71. The van der Waals surface area contributed by atoms with E-state index in [0.29, 0.717) is 35.5 Å². The molecule has 0 radical (unpaired) electrons. The average molecular weight is 671 g/mol. The number of rotatable bonds is 1. The van der Waals surface area contributed by atoms with Gasteiger partial charge in [-0.1, -0.05) is 86.7 Å². The van der Waals surface area contributed by atoms with Crippen LogP contribution in [0, 0.1) is 11.8 Å². The van der Waals surface area contributed by atoms with Crippen molar-refractivity contribution in [2.45, 2.75) is 114 Å². The van der Waals surface area contributed by atoms with Crippen LogP contribution in [0.5, 0.6) is 0 Å². The monoisotopic (exact) mass is 670 g/mol. The van der Waals surface area contributed by atoms with Gasteiger partial charge in [-0.2, -0.15) is 0 Å². The van der Waals surface area contributed by atoms with Gasteiger partial charge in [0.1, 0.15) is 19.7 Å². The zero-order valence-corrected chi connectivity index (χ0v) is 29.1. The van der Waals surface area contributed by atoms with Gasteiger partial charge in [-0.3, -0.25) is 4.79 Å². The molecule has 4 saturated heterocycles. The van der Waals surface area contributed by atoms with E-state index in [1.54, 1.807) is 0 Å². The van der Waals surface area contributed by atoms with Crippen LogP contribution in [0.3, 0.4) is 0 Å². The summed E-state index contributed by atoms with van der Waals surface area (Å²) in [6, 6.07) is 10.4. The number of carbonyl (C=O) groups is 1. The third-order valence-corrected chi connectivity index (χ3v) is 9.91. The number of carbonyl (C=O) groups excluding carboxylic acids is 1. The zero-order chi connectivity index (χ0) is 32.8. The van der Waals surface area contributed by atoms with Gasteiger partial charge in [0.15, 0.2) is 5.79 Å². The summed E-state index contributed by atoms with van der Waals surface area (Å²) in [5, 5.41) is 7.00. The summed E-state index contributed by atoms with van der Waals surface area (Å²) in [6.07, 6.45) is 4.56. The number of hydrogen-bond donors (Lipinski definition) is 1. The van der Waals surface area contributed by atoms with Crippen LogP contribution in [-0.2, 0) is 38.7 Å². The molecule has 4 heterocycles. The minimum absolute atomic E-state index is 0. The van der Waals surface area contributed by atoms with Crippen LogP contribution in [0.1, 0.15) is 114 Å². The number of esters is 1. The molecule has 0 aromatic heterocycles. The van der Waals surface area contributed by atoms with Crippen molar-refractivity contribution >= 4 is 25.6 Å². The minimum atomic E-state index is -2.55. The third kappa shape index (κ3) is 22.1. The van der Waals surface area contributed by atoms with Crippen LogP contribution in [-0.4, -0.2) is 77.0 Å².